The minimum absolute atomic E-state index is 0.341. The van der Waals surface area contributed by atoms with Crippen molar-refractivity contribution in [2.24, 2.45) is 0 Å². The third kappa shape index (κ3) is 5.73. The highest BCUT2D eigenvalue weighted by Crippen LogP contribution is 2.21. The van der Waals surface area contributed by atoms with Gasteiger partial charge in [0.25, 0.3) is 5.91 Å². The lowest BCUT2D eigenvalue weighted by molar-refractivity contribution is -0.152. The Kier molecular flexibility index (Phi) is 7.03. The highest BCUT2D eigenvalue weighted by atomic mass is 35.5. The molecule has 8 heteroatoms. The van der Waals surface area contributed by atoms with E-state index in [4.69, 9.17) is 16.3 Å². The number of nitrogens with one attached hydrogen (secondary N) is 1. The van der Waals surface area contributed by atoms with Gasteiger partial charge in [-0.05, 0) is 38.1 Å². The van der Waals surface area contributed by atoms with Crippen LogP contribution in [0.1, 0.15) is 20.3 Å². The first-order valence-corrected chi connectivity index (χ1v) is 7.47. The molecule has 0 radical (unpaired) electrons. The maximum Gasteiger partial charge on any atom is 0.328 e. The maximum absolute atomic E-state index is 12.4. The molecule has 24 heavy (non-hydrogen) atoms. The van der Waals surface area contributed by atoms with Crippen LogP contribution >= 0.6 is 11.6 Å². The van der Waals surface area contributed by atoms with Crippen LogP contribution in [0.5, 0.6) is 5.75 Å². The second-order valence-electron chi connectivity index (χ2n) is 5.40. The van der Waals surface area contributed by atoms with Gasteiger partial charge in [0.1, 0.15) is 11.8 Å². The molecule has 1 amide bonds. The third-order valence-electron chi connectivity index (χ3n) is 3.12. The number of rotatable bonds is 7. The second-order valence-corrected chi connectivity index (χ2v) is 5.83. The van der Waals surface area contributed by atoms with E-state index in [2.05, 4.69) is 14.8 Å². The van der Waals surface area contributed by atoms with Crippen LogP contribution in [0.15, 0.2) is 24.3 Å². The maximum atomic E-state index is 12.4. The molecule has 1 N–H and O–H groups in total. The van der Waals surface area contributed by atoms with Gasteiger partial charge in [0.15, 0.2) is 5.60 Å². The SMILES string of the molecule is COC(=O)C[C@@H](NC(=O)C(C)(C)Oc1ccc(Cl)cc1)C(=O)OC. The molecule has 0 saturated heterocycles. The van der Waals surface area contributed by atoms with E-state index in [9.17, 15) is 14.4 Å². The zero-order chi connectivity index (χ0) is 18.3. The van der Waals surface area contributed by atoms with Crippen molar-refractivity contribution >= 4 is 29.4 Å². The first-order valence-electron chi connectivity index (χ1n) is 7.09. The molecule has 132 valence electrons. The smallest absolute Gasteiger partial charge is 0.328 e. The molecular formula is C16H20ClNO6. The molecule has 0 aliphatic rings. The normalized spacial score (nSPS) is 12.0. The van der Waals surface area contributed by atoms with Crippen LogP contribution in [0, 0.1) is 0 Å². The Morgan fingerprint density at radius 3 is 2.21 bits per heavy atom. The largest absolute Gasteiger partial charge is 0.478 e. The van der Waals surface area contributed by atoms with Gasteiger partial charge in [-0.15, -0.1) is 0 Å². The summed E-state index contributed by atoms with van der Waals surface area (Å²) < 4.78 is 14.7. The van der Waals surface area contributed by atoms with Gasteiger partial charge in [-0.25, -0.2) is 4.79 Å². The molecule has 0 bridgehead atoms. The van der Waals surface area contributed by atoms with E-state index in [0.717, 1.165) is 7.11 Å². The van der Waals surface area contributed by atoms with Crippen LogP contribution in [0.25, 0.3) is 0 Å². The van der Waals surface area contributed by atoms with Crippen molar-refractivity contribution in [1.29, 1.82) is 0 Å². The van der Waals surface area contributed by atoms with Gasteiger partial charge in [0.2, 0.25) is 0 Å². The summed E-state index contributed by atoms with van der Waals surface area (Å²) in [6, 6.07) is 5.31. The van der Waals surface area contributed by atoms with Crippen molar-refractivity contribution in [3.8, 4) is 5.75 Å². The zero-order valence-electron chi connectivity index (χ0n) is 13.9. The molecule has 0 spiro atoms. The summed E-state index contributed by atoms with van der Waals surface area (Å²) >= 11 is 5.80. The second kappa shape index (κ2) is 8.54. The highest BCUT2D eigenvalue weighted by Gasteiger charge is 2.34. The van der Waals surface area contributed by atoms with Gasteiger partial charge in [0.05, 0.1) is 20.6 Å². The molecule has 0 aliphatic carbocycles. The lowest BCUT2D eigenvalue weighted by atomic mass is 10.1. The minimum Gasteiger partial charge on any atom is -0.478 e. The van der Waals surface area contributed by atoms with E-state index in [1.54, 1.807) is 24.3 Å². The Balaban J connectivity index is 2.81. The molecular weight excluding hydrogens is 338 g/mol. The number of hydrogen-bond acceptors (Lipinski definition) is 6. The minimum atomic E-state index is -1.30. The van der Waals surface area contributed by atoms with E-state index in [0.29, 0.717) is 10.8 Å². The first kappa shape index (κ1) is 19.8. The Hall–Kier alpha value is -2.28. The van der Waals surface area contributed by atoms with E-state index in [-0.39, 0.29) is 6.42 Å². The Morgan fingerprint density at radius 1 is 1.12 bits per heavy atom. The molecule has 1 aromatic rings. The van der Waals surface area contributed by atoms with Crippen molar-refractivity contribution in [2.45, 2.75) is 31.9 Å². The summed E-state index contributed by atoms with van der Waals surface area (Å²) in [5, 5.41) is 2.98. The summed E-state index contributed by atoms with van der Waals surface area (Å²) in [5.74, 6) is -1.56. The molecule has 7 nitrogen and oxygen atoms in total. The highest BCUT2D eigenvalue weighted by molar-refractivity contribution is 6.30. The number of hydrogen-bond donors (Lipinski definition) is 1. The number of benzene rings is 1. The van der Waals surface area contributed by atoms with E-state index in [1.807, 2.05) is 0 Å². The molecule has 0 aromatic heterocycles. The predicted octanol–water partition coefficient (Wildman–Crippen LogP) is 1.72. The van der Waals surface area contributed by atoms with Crippen LogP contribution < -0.4 is 10.1 Å². The van der Waals surface area contributed by atoms with Gasteiger partial charge in [0, 0.05) is 5.02 Å². The lowest BCUT2D eigenvalue weighted by Gasteiger charge is -2.27. The molecule has 0 aliphatic heterocycles. The Labute approximate surface area is 145 Å². The fourth-order valence-corrected chi connectivity index (χ4v) is 1.89. The summed E-state index contributed by atoms with van der Waals surface area (Å²) in [5.41, 5.74) is -1.30. The average molecular weight is 358 g/mol. The lowest BCUT2D eigenvalue weighted by Crippen LogP contribution is -2.53. The van der Waals surface area contributed by atoms with Crippen molar-refractivity contribution in [2.75, 3.05) is 14.2 Å². The monoisotopic (exact) mass is 357 g/mol. The fraction of sp³-hybridized carbons (Fsp3) is 0.438. The van der Waals surface area contributed by atoms with Crippen LogP contribution in [-0.2, 0) is 23.9 Å². The van der Waals surface area contributed by atoms with Crippen molar-refractivity contribution < 1.29 is 28.6 Å². The van der Waals surface area contributed by atoms with Crippen LogP contribution in [0.3, 0.4) is 0 Å². The number of esters is 2. The molecule has 0 fully saturated rings. The zero-order valence-corrected chi connectivity index (χ0v) is 14.7. The van der Waals surface area contributed by atoms with Gasteiger partial charge in [-0.1, -0.05) is 11.6 Å². The van der Waals surface area contributed by atoms with Gasteiger partial charge >= 0.3 is 11.9 Å². The van der Waals surface area contributed by atoms with Crippen LogP contribution in [0.4, 0.5) is 0 Å². The fourth-order valence-electron chi connectivity index (χ4n) is 1.76. The molecule has 0 heterocycles. The topological polar surface area (TPSA) is 90.9 Å². The van der Waals surface area contributed by atoms with E-state index >= 15 is 0 Å². The molecule has 1 aromatic carbocycles. The molecule has 1 atom stereocenters. The Morgan fingerprint density at radius 2 is 1.71 bits per heavy atom. The molecule has 0 unspecified atom stereocenters. The predicted molar refractivity (Wildman–Crippen MR) is 86.7 cm³/mol. The van der Waals surface area contributed by atoms with Crippen LogP contribution in [-0.4, -0.2) is 43.7 Å². The number of methoxy groups -OCH3 is 2. The third-order valence-corrected chi connectivity index (χ3v) is 3.37. The van der Waals surface area contributed by atoms with Gasteiger partial charge in [-0.3, -0.25) is 9.59 Å². The Bertz CT molecular complexity index is 599. The first-order chi connectivity index (χ1) is 11.2. The number of carbonyl (C=O) groups is 3. The quantitative estimate of drug-likeness (QED) is 0.747. The summed E-state index contributed by atoms with van der Waals surface area (Å²) in [6.45, 7) is 3.06. The van der Waals surface area contributed by atoms with E-state index in [1.165, 1.54) is 21.0 Å². The van der Waals surface area contributed by atoms with Crippen molar-refractivity contribution in [1.82, 2.24) is 5.32 Å². The average Bonchev–Trinajstić information content (AvgIpc) is 2.55. The number of halogens is 1. The molecule has 1 rings (SSSR count). The number of carbonyl (C=O) groups excluding carboxylic acids is 3. The van der Waals surface area contributed by atoms with Gasteiger partial charge in [-0.2, -0.15) is 0 Å². The molecule has 0 saturated carbocycles. The standard InChI is InChI=1S/C16H20ClNO6/c1-16(2,24-11-7-5-10(17)6-8-11)15(21)18-12(14(20)23-4)9-13(19)22-3/h5-8,12H,9H2,1-4H3,(H,18,21)/t12-/m1/s1. The number of amides is 1. The number of ether oxygens (including phenoxy) is 3. The summed E-state index contributed by atoms with van der Waals surface area (Å²) in [7, 11) is 2.35. The van der Waals surface area contributed by atoms with E-state index < -0.39 is 29.5 Å². The summed E-state index contributed by atoms with van der Waals surface area (Å²) in [4.78, 5) is 35.5. The summed E-state index contributed by atoms with van der Waals surface area (Å²) in [6.07, 6.45) is -0.341. The van der Waals surface area contributed by atoms with Gasteiger partial charge < -0.3 is 19.5 Å². The van der Waals surface area contributed by atoms with Crippen molar-refractivity contribution in [3.05, 3.63) is 29.3 Å². The van der Waals surface area contributed by atoms with Crippen LogP contribution in [0.2, 0.25) is 5.02 Å². The van der Waals surface area contributed by atoms with Crippen molar-refractivity contribution in [3.63, 3.8) is 0 Å².